The van der Waals surface area contributed by atoms with Crippen molar-refractivity contribution in [2.75, 3.05) is 74.9 Å². The van der Waals surface area contributed by atoms with Crippen LogP contribution in [0.25, 0.3) is 33.4 Å². The molecule has 9 aromatic rings. The second-order valence-electron chi connectivity index (χ2n) is 20.0. The van der Waals surface area contributed by atoms with Crippen molar-refractivity contribution in [1.82, 2.24) is 16.0 Å². The first-order valence-corrected chi connectivity index (χ1v) is 38.5. The molecule has 0 saturated heterocycles. The maximum atomic E-state index is 11.2. The number of carbonyl (C=O) groups excluding carboxylic acids is 1. The number of carboxylic acid groups (broad SMARTS) is 3. The molecule has 0 unspecified atom stereocenters. The molecule has 9 rings (SSSR count). The van der Waals surface area contributed by atoms with E-state index >= 15 is 0 Å². The molecule has 97 heavy (non-hydrogen) atoms. The summed E-state index contributed by atoms with van der Waals surface area (Å²) >= 11 is 23.7. The summed E-state index contributed by atoms with van der Waals surface area (Å²) in [5, 5.41) is 81.4. The van der Waals surface area contributed by atoms with Crippen molar-refractivity contribution in [2.24, 2.45) is 0 Å². The zero-order valence-corrected chi connectivity index (χ0v) is 70.6. The fourth-order valence-corrected chi connectivity index (χ4v) is 9.61. The SMILES string of the molecule is Cl.Cl.Cl.ClI.II.O=C(O)c1cccc(-c2cccc(NCCNC[C@H](O)c3cccc(Cl)c3)c2)c1.O=C(O)c1cccc(-c2cccc(NCCNC[C@H](O)c3cccc(Cl)c3)c2)c1.O=C([O-])c1cccc(-c2cccc(NCCNC[C@H](O)c3cccc(Cl)c3)c2)c1.[I-].[Na+].[Na+]. The van der Waals surface area contributed by atoms with Gasteiger partial charge in [0.25, 0.3) is 0 Å². The number of hydrogen-bond donors (Lipinski definition) is 11. The number of hydrogen-bond acceptors (Lipinski definition) is 13. The molecule has 11 N–H and O–H groups in total. The molecule has 510 valence electrons. The van der Waals surface area contributed by atoms with Gasteiger partial charge in [0.05, 0.1) is 35.4 Å². The Balaban J connectivity index is 0. The zero-order chi connectivity index (χ0) is 65.9. The predicted molar refractivity (Wildman–Crippen MR) is 417 cm³/mol. The van der Waals surface area contributed by atoms with E-state index in [0.29, 0.717) is 74.0 Å². The molecule has 28 heteroatoms. The molecule has 0 spiro atoms. The van der Waals surface area contributed by atoms with Crippen molar-refractivity contribution in [3.8, 4) is 33.4 Å². The average molecular weight is 1930 g/mol. The van der Waals surface area contributed by atoms with E-state index in [-0.39, 0.29) is 137 Å². The van der Waals surface area contributed by atoms with Crippen LogP contribution in [0.3, 0.4) is 0 Å². The molecule has 0 aliphatic rings. The molecule has 3 atom stereocenters. The summed E-state index contributed by atoms with van der Waals surface area (Å²) in [5.74, 6) is -3.06. The minimum atomic E-state index is -1.19. The van der Waals surface area contributed by atoms with Crippen molar-refractivity contribution in [3.05, 3.63) is 267 Å². The maximum absolute atomic E-state index is 11.2. The molecule has 0 aromatic heterocycles. The van der Waals surface area contributed by atoms with E-state index in [1.165, 1.54) is 6.07 Å². The summed E-state index contributed by atoms with van der Waals surface area (Å²) in [7, 11) is 4.61. The van der Waals surface area contributed by atoms with Gasteiger partial charge in [-0.2, -0.15) is 0 Å². The van der Waals surface area contributed by atoms with Gasteiger partial charge in [-0.05, 0) is 168 Å². The Kier molecular flexibility index (Phi) is 54.8. The first-order chi connectivity index (χ1) is 44.1. The Hall–Kier alpha value is -2.50. The topological polar surface area (TPSA) is 248 Å². The van der Waals surface area contributed by atoms with Gasteiger partial charge >= 0.3 is 71.1 Å². The first kappa shape index (κ1) is 96.6. The van der Waals surface area contributed by atoms with E-state index in [4.69, 9.17) is 45.0 Å². The molecule has 0 amide bonds. The van der Waals surface area contributed by atoms with Gasteiger partial charge in [0.2, 0.25) is 0 Å². The third kappa shape index (κ3) is 36.0. The van der Waals surface area contributed by atoms with Crippen molar-refractivity contribution in [1.29, 1.82) is 0 Å². The zero-order valence-electron chi connectivity index (χ0n) is 52.5. The number of halogens is 11. The van der Waals surface area contributed by atoms with Gasteiger partial charge in [-0.3, -0.25) is 0 Å². The molecule has 0 aliphatic heterocycles. The van der Waals surface area contributed by atoms with Crippen LogP contribution in [-0.2, 0) is 0 Å². The second-order valence-corrected chi connectivity index (χ2v) is 21.3. The number of aromatic carboxylic acids is 3. The van der Waals surface area contributed by atoms with Crippen molar-refractivity contribution in [2.45, 2.75) is 18.3 Å². The Morgan fingerprint density at radius 2 is 0.608 bits per heavy atom. The summed E-state index contributed by atoms with van der Waals surface area (Å²) < 4.78 is 0. The van der Waals surface area contributed by atoms with Gasteiger partial charge in [0, 0.05) is 150 Å². The van der Waals surface area contributed by atoms with Crippen molar-refractivity contribution < 1.29 is 128 Å². The number of carbonyl (C=O) groups is 3. The van der Waals surface area contributed by atoms with E-state index in [2.05, 4.69) is 78.0 Å². The van der Waals surface area contributed by atoms with E-state index in [9.17, 15) is 34.8 Å². The molecule has 0 bridgehead atoms. The van der Waals surface area contributed by atoms with Crippen LogP contribution in [0.15, 0.2) is 218 Å². The second kappa shape index (κ2) is 55.1. The van der Waals surface area contributed by atoms with Gasteiger partial charge in [-0.25, -0.2) is 9.59 Å². The van der Waals surface area contributed by atoms with E-state index in [1.54, 1.807) is 106 Å². The molecular weight excluding hydrogens is 1860 g/mol. The smallest absolute Gasteiger partial charge is 1.00 e. The predicted octanol–water partition coefficient (Wildman–Crippen LogP) is 7.61. The molecule has 0 fully saturated rings. The van der Waals surface area contributed by atoms with E-state index < -0.39 is 36.2 Å². The summed E-state index contributed by atoms with van der Waals surface area (Å²) in [6.45, 7) is 5.35. The van der Waals surface area contributed by atoms with Crippen LogP contribution < -0.4 is 120 Å². The average Bonchev–Trinajstić information content (AvgIpc) is 1.13. The Labute approximate surface area is 702 Å². The molecule has 9 aromatic carbocycles. The normalized spacial score (nSPS) is 10.7. The van der Waals surface area contributed by atoms with Crippen molar-refractivity contribution >= 4 is 175 Å². The summed E-state index contributed by atoms with van der Waals surface area (Å²) in [5.41, 5.74) is 11.2. The van der Waals surface area contributed by atoms with Crippen LogP contribution in [0, 0.1) is 0 Å². The van der Waals surface area contributed by atoms with Gasteiger partial charge in [0.15, 0.2) is 0 Å². The third-order valence-corrected chi connectivity index (χ3v) is 14.2. The molecule has 15 nitrogen and oxygen atoms in total. The van der Waals surface area contributed by atoms with E-state index in [0.717, 1.165) is 67.1 Å². The first-order valence-electron chi connectivity index (χ1n) is 28.3. The number of rotatable bonds is 27. The van der Waals surface area contributed by atoms with Gasteiger partial charge < -0.3 is 91.3 Å². The van der Waals surface area contributed by atoms with Gasteiger partial charge in [-0.15, -0.1) is 37.2 Å². The van der Waals surface area contributed by atoms with Crippen molar-refractivity contribution in [3.63, 3.8) is 0 Å². The standard InChI is InChI=1S/3C23H23ClN2O3.ClI.3ClH.I2.HI.2Na/c3*24-20-8-2-6-18(13-20)22(27)15-25-10-11-26-21-9-3-5-17(14-21)16-4-1-7-19(12-16)23(28)29;1-2;;;;1-2;;;/h3*1-9,12-14,22,25-27H,10-11,15H2,(H,28,29);;3*1H;;1H;;/q;;;;;;;;;2*+1/p-2/t3*22-;;;;;;;;/m000......../s1. The van der Waals surface area contributed by atoms with Crippen LogP contribution in [0.5, 0.6) is 0 Å². The minimum absolute atomic E-state index is 0. The molecule has 0 aliphatic carbocycles. The number of aliphatic hydroxyl groups excluding tert-OH is 3. The monoisotopic (exact) mass is 1930 g/mol. The quantitative estimate of drug-likeness (QED) is 0.0135. The summed E-state index contributed by atoms with van der Waals surface area (Å²) in [6.07, 6.45) is -1.84. The summed E-state index contributed by atoms with van der Waals surface area (Å²) in [4.78, 5) is 33.4. The molecular formula is C69H71Cl7I4N6Na2O9. The number of aliphatic hydroxyl groups is 3. The minimum Gasteiger partial charge on any atom is -1.00 e. The molecule has 0 saturated carbocycles. The Morgan fingerprint density at radius 1 is 0.371 bits per heavy atom. The number of carboxylic acids is 3. The fourth-order valence-electron chi connectivity index (χ4n) is 9.01. The number of anilines is 3. The van der Waals surface area contributed by atoms with Crippen LogP contribution in [-0.4, -0.2) is 102 Å². The maximum Gasteiger partial charge on any atom is 1.00 e. The van der Waals surface area contributed by atoms with Gasteiger partial charge in [-0.1, -0.05) is 150 Å². The molecule has 0 radical (unpaired) electrons. The van der Waals surface area contributed by atoms with Crippen LogP contribution in [0.4, 0.5) is 17.1 Å². The fraction of sp³-hybridized carbons (Fsp3) is 0.174. The largest absolute Gasteiger partial charge is 1.00 e. The van der Waals surface area contributed by atoms with Gasteiger partial charge in [0.1, 0.15) is 0 Å². The number of benzene rings is 9. The summed E-state index contributed by atoms with van der Waals surface area (Å²) in [6, 6.07) is 65.5. The van der Waals surface area contributed by atoms with Crippen LogP contribution >= 0.6 is 140 Å². The number of nitrogens with one attached hydrogen (secondary N) is 6. The van der Waals surface area contributed by atoms with Crippen LogP contribution in [0.1, 0.15) is 66.1 Å². The van der Waals surface area contributed by atoms with Crippen LogP contribution in [0.2, 0.25) is 15.1 Å². The van der Waals surface area contributed by atoms with E-state index in [1.807, 2.05) is 127 Å². The Morgan fingerprint density at radius 3 is 0.866 bits per heavy atom. The molecule has 0 heterocycles. The third-order valence-electron chi connectivity index (χ3n) is 13.5. The Bertz CT molecular complexity index is 3360.